The number of hydrogen-bond donors (Lipinski definition) is 0. The van der Waals surface area contributed by atoms with Crippen molar-refractivity contribution in [3.05, 3.63) is 92.6 Å². The molecule has 0 aliphatic carbocycles. The van der Waals surface area contributed by atoms with Crippen LogP contribution < -0.4 is 16.1 Å². The van der Waals surface area contributed by atoms with Gasteiger partial charge in [-0.05, 0) is 23.5 Å². The van der Waals surface area contributed by atoms with Crippen LogP contribution in [0.4, 0.5) is 5.95 Å². The molecule has 32 heavy (non-hydrogen) atoms. The number of anilines is 1. The molecule has 0 amide bonds. The van der Waals surface area contributed by atoms with E-state index >= 15 is 0 Å². The van der Waals surface area contributed by atoms with Gasteiger partial charge in [0.1, 0.15) is 0 Å². The Labute approximate surface area is 186 Å². The van der Waals surface area contributed by atoms with Crippen LogP contribution in [0.2, 0.25) is 0 Å². The number of nitrogens with zero attached hydrogens (tertiary/aromatic N) is 5. The van der Waals surface area contributed by atoms with Crippen LogP contribution in [0.25, 0.3) is 11.2 Å². The van der Waals surface area contributed by atoms with Gasteiger partial charge < -0.3 is 9.47 Å². The third-order valence-electron chi connectivity index (χ3n) is 6.20. The van der Waals surface area contributed by atoms with Gasteiger partial charge in [-0.2, -0.15) is 4.98 Å². The Hall–Kier alpha value is -3.61. The van der Waals surface area contributed by atoms with E-state index in [1.54, 1.807) is 7.05 Å². The molecule has 3 heterocycles. The van der Waals surface area contributed by atoms with Crippen molar-refractivity contribution in [2.45, 2.75) is 33.0 Å². The lowest BCUT2D eigenvalue weighted by atomic mass is 10.1. The van der Waals surface area contributed by atoms with Crippen LogP contribution in [-0.2, 0) is 33.1 Å². The Bertz CT molecular complexity index is 1370. The van der Waals surface area contributed by atoms with Gasteiger partial charge in [-0.1, -0.05) is 67.6 Å². The van der Waals surface area contributed by atoms with E-state index in [9.17, 15) is 9.59 Å². The molecule has 7 nitrogen and oxygen atoms in total. The maximum atomic E-state index is 13.5. The highest BCUT2D eigenvalue weighted by Gasteiger charge is 2.29. The van der Waals surface area contributed by atoms with Gasteiger partial charge in [0.05, 0.1) is 0 Å². The summed E-state index contributed by atoms with van der Waals surface area (Å²) in [6, 6.07) is 20.2. The van der Waals surface area contributed by atoms with Crippen molar-refractivity contribution in [2.24, 2.45) is 13.0 Å². The summed E-state index contributed by atoms with van der Waals surface area (Å²) in [7, 11) is 1.70. The van der Waals surface area contributed by atoms with Crippen molar-refractivity contribution in [3.63, 3.8) is 0 Å². The van der Waals surface area contributed by atoms with E-state index in [2.05, 4.69) is 24.0 Å². The van der Waals surface area contributed by atoms with E-state index in [0.717, 1.165) is 18.1 Å². The zero-order chi connectivity index (χ0) is 22.2. The van der Waals surface area contributed by atoms with Crippen LogP contribution in [-0.4, -0.2) is 25.2 Å². The molecule has 0 radical (unpaired) electrons. The predicted molar refractivity (Wildman–Crippen MR) is 126 cm³/mol. The highest BCUT2D eigenvalue weighted by atomic mass is 16.2. The first-order valence-corrected chi connectivity index (χ1v) is 11.1. The molecule has 0 unspecified atom stereocenters. The monoisotopic (exact) mass is 429 g/mol. The first-order valence-electron chi connectivity index (χ1n) is 11.1. The van der Waals surface area contributed by atoms with E-state index in [4.69, 9.17) is 4.98 Å². The first-order chi connectivity index (χ1) is 15.5. The second kappa shape index (κ2) is 8.15. The average molecular weight is 430 g/mol. The summed E-state index contributed by atoms with van der Waals surface area (Å²) in [5.74, 6) is 1.12. The third-order valence-corrected chi connectivity index (χ3v) is 6.20. The predicted octanol–water partition coefficient (Wildman–Crippen LogP) is 2.80. The van der Waals surface area contributed by atoms with Gasteiger partial charge in [0.2, 0.25) is 5.95 Å². The minimum atomic E-state index is -0.323. The van der Waals surface area contributed by atoms with E-state index in [1.165, 1.54) is 14.7 Å². The van der Waals surface area contributed by atoms with Crippen molar-refractivity contribution < 1.29 is 0 Å². The van der Waals surface area contributed by atoms with Crippen molar-refractivity contribution in [1.82, 2.24) is 18.7 Å². The lowest BCUT2D eigenvalue weighted by Crippen LogP contribution is -2.41. The molecule has 2 aromatic carbocycles. The third kappa shape index (κ3) is 3.53. The summed E-state index contributed by atoms with van der Waals surface area (Å²) in [6.45, 7) is 4.81. The van der Waals surface area contributed by atoms with E-state index < -0.39 is 0 Å². The largest absolute Gasteiger partial charge is 0.338 e. The Morgan fingerprint density at radius 2 is 1.59 bits per heavy atom. The fourth-order valence-electron chi connectivity index (χ4n) is 4.62. The summed E-state index contributed by atoms with van der Waals surface area (Å²) in [6.07, 6.45) is 0.624. The highest BCUT2D eigenvalue weighted by molar-refractivity contribution is 5.75. The molecular weight excluding hydrogens is 402 g/mol. The molecule has 0 spiro atoms. The molecule has 2 aromatic heterocycles. The molecule has 164 valence electrons. The number of hydrogen-bond acceptors (Lipinski definition) is 4. The molecule has 0 fully saturated rings. The summed E-state index contributed by atoms with van der Waals surface area (Å²) < 4.78 is 4.87. The number of aryl methyl sites for hydroxylation is 2. The number of benzene rings is 2. The topological polar surface area (TPSA) is 65.1 Å². The van der Waals surface area contributed by atoms with Crippen LogP contribution in [0.3, 0.4) is 0 Å². The summed E-state index contributed by atoms with van der Waals surface area (Å²) >= 11 is 0. The van der Waals surface area contributed by atoms with Crippen molar-refractivity contribution in [3.8, 4) is 0 Å². The van der Waals surface area contributed by atoms with Gasteiger partial charge in [0.25, 0.3) is 5.56 Å². The van der Waals surface area contributed by atoms with Crippen LogP contribution in [0, 0.1) is 5.92 Å². The Balaban J connectivity index is 1.59. The van der Waals surface area contributed by atoms with Crippen molar-refractivity contribution in [2.75, 3.05) is 11.4 Å². The van der Waals surface area contributed by atoms with Crippen molar-refractivity contribution >= 4 is 17.1 Å². The maximum absolute atomic E-state index is 13.5. The van der Waals surface area contributed by atoms with Crippen LogP contribution in [0.1, 0.15) is 18.1 Å². The molecule has 1 aliphatic rings. The standard InChI is InChI=1S/C25H27N5O2/c1-18-15-28(17-20-11-7-4-8-12-20)24-26-22-21(30(24)16-18)23(31)29(25(32)27(22)2)14-13-19-9-5-3-6-10-19/h3-12,18H,13-17H2,1-2H3/t18-/m1/s1. The average Bonchev–Trinajstić information content (AvgIpc) is 3.19. The molecular formula is C25H27N5O2. The van der Waals surface area contributed by atoms with Gasteiger partial charge in [0, 0.05) is 33.2 Å². The second-order valence-electron chi connectivity index (χ2n) is 8.70. The highest BCUT2D eigenvalue weighted by Crippen LogP contribution is 2.28. The van der Waals surface area contributed by atoms with E-state index in [-0.39, 0.29) is 11.2 Å². The van der Waals surface area contributed by atoms with Gasteiger partial charge in [-0.3, -0.25) is 13.9 Å². The van der Waals surface area contributed by atoms with Crippen LogP contribution in [0.15, 0.2) is 70.3 Å². The molecule has 7 heteroatoms. The maximum Gasteiger partial charge on any atom is 0.332 e. The minimum absolute atomic E-state index is 0.258. The molecule has 4 aromatic rings. The first kappa shape index (κ1) is 20.3. The Kier molecular flexibility index (Phi) is 5.17. The van der Waals surface area contributed by atoms with Crippen LogP contribution in [0.5, 0.6) is 0 Å². The molecule has 0 saturated heterocycles. The zero-order valence-corrected chi connectivity index (χ0v) is 18.4. The fraction of sp³-hybridized carbons (Fsp3) is 0.320. The van der Waals surface area contributed by atoms with Gasteiger partial charge in [-0.15, -0.1) is 0 Å². The van der Waals surface area contributed by atoms with E-state index in [0.29, 0.717) is 43.1 Å². The van der Waals surface area contributed by atoms with Gasteiger partial charge in [-0.25, -0.2) is 4.79 Å². The molecule has 5 rings (SSSR count). The second-order valence-corrected chi connectivity index (χ2v) is 8.70. The zero-order valence-electron chi connectivity index (χ0n) is 18.4. The molecule has 1 aliphatic heterocycles. The van der Waals surface area contributed by atoms with Gasteiger partial charge >= 0.3 is 5.69 Å². The Morgan fingerprint density at radius 3 is 2.28 bits per heavy atom. The molecule has 0 bridgehead atoms. The molecule has 1 atom stereocenters. The number of aromatic nitrogens is 4. The molecule has 0 N–H and O–H groups in total. The van der Waals surface area contributed by atoms with Crippen LogP contribution >= 0.6 is 0 Å². The smallest absolute Gasteiger partial charge is 0.332 e. The lowest BCUT2D eigenvalue weighted by Gasteiger charge is -2.33. The summed E-state index contributed by atoms with van der Waals surface area (Å²) in [5, 5.41) is 0. The van der Waals surface area contributed by atoms with E-state index in [1.807, 2.05) is 53.1 Å². The minimum Gasteiger partial charge on any atom is -0.338 e. The summed E-state index contributed by atoms with van der Waals surface area (Å²) in [4.78, 5) is 33.5. The number of fused-ring (bicyclic) bond motifs is 3. The fourth-order valence-corrected chi connectivity index (χ4v) is 4.62. The number of imidazole rings is 1. The molecule has 0 saturated carbocycles. The Morgan fingerprint density at radius 1 is 0.938 bits per heavy atom. The van der Waals surface area contributed by atoms with Gasteiger partial charge in [0.15, 0.2) is 11.2 Å². The number of rotatable bonds is 5. The SMILES string of the molecule is C[C@@H]1CN(Cc2ccccc2)c2nc3c(c(=O)n(CCc4ccccc4)c(=O)n3C)n2C1. The summed E-state index contributed by atoms with van der Waals surface area (Å²) in [5.41, 5.74) is 2.68. The van der Waals surface area contributed by atoms with Crippen molar-refractivity contribution in [1.29, 1.82) is 0 Å². The normalized spacial score (nSPS) is 15.8. The lowest BCUT2D eigenvalue weighted by molar-refractivity contribution is 0.435. The quantitative estimate of drug-likeness (QED) is 0.489.